The molecule has 2 aromatic carbocycles. The van der Waals surface area contributed by atoms with E-state index in [1.807, 2.05) is 30.5 Å². The van der Waals surface area contributed by atoms with Crippen molar-refractivity contribution in [3.63, 3.8) is 0 Å². The van der Waals surface area contributed by atoms with Crippen molar-refractivity contribution in [2.75, 3.05) is 30.8 Å². The molecule has 0 atom stereocenters. The maximum absolute atomic E-state index is 9.95. The molecule has 1 aliphatic heterocycles. The van der Waals surface area contributed by atoms with E-state index in [-0.39, 0.29) is 6.10 Å². The maximum atomic E-state index is 9.95. The third-order valence-electron chi connectivity index (χ3n) is 7.46. The highest BCUT2D eigenvalue weighted by Crippen LogP contribution is 2.34. The predicted molar refractivity (Wildman–Crippen MR) is 144 cm³/mol. The number of piperidine rings is 1. The molecule has 1 saturated carbocycles. The number of aromatic nitrogens is 2. The van der Waals surface area contributed by atoms with Crippen LogP contribution >= 0.6 is 0 Å². The lowest BCUT2D eigenvalue weighted by atomic mass is 9.89. The predicted octanol–water partition coefficient (Wildman–Crippen LogP) is 5.32. The van der Waals surface area contributed by atoms with Crippen molar-refractivity contribution in [2.45, 2.75) is 63.1 Å². The summed E-state index contributed by atoms with van der Waals surface area (Å²) in [4.78, 5) is 12.2. The summed E-state index contributed by atoms with van der Waals surface area (Å²) in [5, 5.41) is 17.0. The van der Waals surface area contributed by atoms with Crippen LogP contribution in [0, 0.1) is 0 Å². The van der Waals surface area contributed by atoms with E-state index in [1.165, 1.54) is 11.1 Å². The van der Waals surface area contributed by atoms with Crippen molar-refractivity contribution in [3.05, 3.63) is 71.9 Å². The molecule has 0 amide bonds. The highest BCUT2D eigenvalue weighted by atomic mass is 16.5. The number of benzene rings is 2. The number of methoxy groups -OCH3 is 1. The first-order valence-corrected chi connectivity index (χ1v) is 13.1. The Bertz CT molecular complexity index is 1110. The first-order valence-electron chi connectivity index (χ1n) is 13.1. The molecule has 0 bridgehead atoms. The lowest BCUT2D eigenvalue weighted by Crippen LogP contribution is -2.33. The van der Waals surface area contributed by atoms with Gasteiger partial charge in [-0.05, 0) is 75.2 Å². The summed E-state index contributed by atoms with van der Waals surface area (Å²) >= 11 is 0. The fourth-order valence-corrected chi connectivity index (χ4v) is 5.35. The zero-order valence-corrected chi connectivity index (χ0v) is 21.1. The van der Waals surface area contributed by atoms with Crippen molar-refractivity contribution < 1.29 is 9.84 Å². The molecule has 5 rings (SSSR count). The Balaban J connectivity index is 1.31. The number of aliphatic hydroxyl groups excluding tert-OH is 1. The van der Waals surface area contributed by atoms with Gasteiger partial charge in [0.25, 0.3) is 0 Å². The molecule has 7 nitrogen and oxygen atoms in total. The lowest BCUT2D eigenvalue weighted by Gasteiger charge is -2.33. The topological polar surface area (TPSA) is 82.5 Å². The van der Waals surface area contributed by atoms with Gasteiger partial charge in [0.05, 0.1) is 13.2 Å². The van der Waals surface area contributed by atoms with Gasteiger partial charge in [-0.2, -0.15) is 4.98 Å². The smallest absolute Gasteiger partial charge is 0.229 e. The standard InChI is InChI=1S/C29H37N5O2/c1-36-26-9-5-8-24(18-26)32-29-30-19-27(28(33-29)31-23-10-12-25(35)13-11-23)22-14-16-34(17-15-22)20-21-6-3-2-4-7-21/h2-9,18-19,22-23,25,35H,10-17,20H2,1H3,(H2,30,31,32,33). The molecule has 2 aliphatic rings. The minimum absolute atomic E-state index is 0.174. The van der Waals surface area contributed by atoms with Gasteiger partial charge in [-0.15, -0.1) is 0 Å². The van der Waals surface area contributed by atoms with Crippen LogP contribution < -0.4 is 15.4 Å². The van der Waals surface area contributed by atoms with Gasteiger partial charge in [-0.3, -0.25) is 4.90 Å². The molecular formula is C29H37N5O2. The van der Waals surface area contributed by atoms with Crippen LogP contribution in [0.3, 0.4) is 0 Å². The second kappa shape index (κ2) is 11.7. The number of aliphatic hydroxyl groups is 1. The number of anilines is 3. The quantitative estimate of drug-likeness (QED) is 0.396. The Hall–Kier alpha value is -3.16. The number of ether oxygens (including phenoxy) is 1. The number of hydrogen-bond acceptors (Lipinski definition) is 7. The zero-order chi connectivity index (χ0) is 24.7. The molecule has 190 valence electrons. The average Bonchev–Trinajstić information content (AvgIpc) is 2.91. The fourth-order valence-electron chi connectivity index (χ4n) is 5.35. The van der Waals surface area contributed by atoms with Crippen molar-refractivity contribution in [2.24, 2.45) is 0 Å². The Morgan fingerprint density at radius 3 is 2.50 bits per heavy atom. The van der Waals surface area contributed by atoms with Gasteiger partial charge in [0.1, 0.15) is 11.6 Å². The number of hydrogen-bond donors (Lipinski definition) is 3. The second-order valence-corrected chi connectivity index (χ2v) is 10.0. The average molecular weight is 488 g/mol. The molecule has 1 aliphatic carbocycles. The number of likely N-dealkylation sites (tertiary alicyclic amines) is 1. The summed E-state index contributed by atoms with van der Waals surface area (Å²) in [5.41, 5.74) is 3.47. The van der Waals surface area contributed by atoms with Crippen LogP contribution in [0.15, 0.2) is 60.8 Å². The van der Waals surface area contributed by atoms with Crippen LogP contribution in [-0.4, -0.2) is 52.3 Å². The summed E-state index contributed by atoms with van der Waals surface area (Å²) in [7, 11) is 1.67. The SMILES string of the molecule is COc1cccc(Nc2ncc(C3CCN(Cc4ccccc4)CC3)c(NC3CCC(O)CC3)n2)c1. The number of nitrogens with zero attached hydrogens (tertiary/aromatic N) is 3. The zero-order valence-electron chi connectivity index (χ0n) is 21.1. The molecule has 3 N–H and O–H groups in total. The minimum atomic E-state index is -0.174. The van der Waals surface area contributed by atoms with Gasteiger partial charge < -0.3 is 20.5 Å². The summed E-state index contributed by atoms with van der Waals surface area (Å²) in [6, 6.07) is 18.8. The van der Waals surface area contributed by atoms with E-state index in [9.17, 15) is 5.11 Å². The van der Waals surface area contributed by atoms with Crippen LogP contribution in [-0.2, 0) is 6.54 Å². The molecule has 0 radical (unpaired) electrons. The van der Waals surface area contributed by atoms with E-state index < -0.39 is 0 Å². The summed E-state index contributed by atoms with van der Waals surface area (Å²) < 4.78 is 5.35. The first-order chi connectivity index (χ1) is 17.7. The van der Waals surface area contributed by atoms with Crippen LogP contribution in [0.25, 0.3) is 0 Å². The Morgan fingerprint density at radius 1 is 0.972 bits per heavy atom. The van der Waals surface area contributed by atoms with Gasteiger partial charge >= 0.3 is 0 Å². The summed E-state index contributed by atoms with van der Waals surface area (Å²) in [6.45, 7) is 3.14. The maximum Gasteiger partial charge on any atom is 0.229 e. The Labute approximate surface area is 213 Å². The summed E-state index contributed by atoms with van der Waals surface area (Å²) in [5.74, 6) is 2.72. The molecule has 1 aromatic heterocycles. The van der Waals surface area contributed by atoms with Gasteiger partial charge in [0.2, 0.25) is 5.95 Å². The van der Waals surface area contributed by atoms with Crippen LogP contribution in [0.1, 0.15) is 55.6 Å². The van der Waals surface area contributed by atoms with Crippen molar-refractivity contribution in [1.29, 1.82) is 0 Å². The molecule has 2 fully saturated rings. The molecule has 3 aromatic rings. The molecule has 0 unspecified atom stereocenters. The van der Waals surface area contributed by atoms with Crippen LogP contribution in [0.4, 0.5) is 17.5 Å². The number of nitrogens with one attached hydrogen (secondary N) is 2. The second-order valence-electron chi connectivity index (χ2n) is 10.0. The molecule has 36 heavy (non-hydrogen) atoms. The largest absolute Gasteiger partial charge is 0.497 e. The van der Waals surface area contributed by atoms with Crippen molar-refractivity contribution in [3.8, 4) is 5.75 Å². The van der Waals surface area contributed by atoms with Gasteiger partial charge in [0.15, 0.2) is 0 Å². The van der Waals surface area contributed by atoms with Gasteiger partial charge in [-0.1, -0.05) is 36.4 Å². The molecule has 0 spiro atoms. The van der Waals surface area contributed by atoms with Crippen LogP contribution in [0.2, 0.25) is 0 Å². The highest BCUT2D eigenvalue weighted by molar-refractivity contribution is 5.58. The normalized spacial score (nSPS) is 21.2. The molecule has 7 heteroatoms. The lowest BCUT2D eigenvalue weighted by molar-refractivity contribution is 0.126. The van der Waals surface area contributed by atoms with Gasteiger partial charge in [0, 0.05) is 36.1 Å². The number of rotatable bonds is 8. The third kappa shape index (κ3) is 6.33. The highest BCUT2D eigenvalue weighted by Gasteiger charge is 2.26. The molecular weight excluding hydrogens is 450 g/mol. The van der Waals surface area contributed by atoms with E-state index in [1.54, 1.807) is 7.11 Å². The van der Waals surface area contributed by atoms with E-state index >= 15 is 0 Å². The van der Waals surface area contributed by atoms with Crippen molar-refractivity contribution in [1.82, 2.24) is 14.9 Å². The Morgan fingerprint density at radius 2 is 1.75 bits per heavy atom. The Kier molecular flexibility index (Phi) is 7.98. The van der Waals surface area contributed by atoms with E-state index in [2.05, 4.69) is 45.9 Å². The molecule has 2 heterocycles. The first kappa shape index (κ1) is 24.5. The minimum Gasteiger partial charge on any atom is -0.497 e. The summed E-state index contributed by atoms with van der Waals surface area (Å²) in [6.07, 6.45) is 7.61. The van der Waals surface area contributed by atoms with E-state index in [0.29, 0.717) is 17.9 Å². The van der Waals surface area contributed by atoms with E-state index in [4.69, 9.17) is 14.7 Å². The van der Waals surface area contributed by atoms with E-state index in [0.717, 1.165) is 75.4 Å². The van der Waals surface area contributed by atoms with Gasteiger partial charge in [-0.25, -0.2) is 4.98 Å². The third-order valence-corrected chi connectivity index (χ3v) is 7.46. The van der Waals surface area contributed by atoms with Crippen LogP contribution in [0.5, 0.6) is 5.75 Å². The van der Waals surface area contributed by atoms with Crippen molar-refractivity contribution >= 4 is 17.5 Å². The monoisotopic (exact) mass is 487 g/mol. The fraction of sp³-hybridized carbons (Fsp3) is 0.448. The molecule has 1 saturated heterocycles.